The van der Waals surface area contributed by atoms with Crippen LogP contribution in [0.2, 0.25) is 0 Å². The summed E-state index contributed by atoms with van der Waals surface area (Å²) < 4.78 is 11.3. The molecule has 1 aromatic rings. The Balaban J connectivity index is 1.78. The molecule has 0 spiro atoms. The third kappa shape index (κ3) is 2.71. The Labute approximate surface area is 115 Å². The van der Waals surface area contributed by atoms with Crippen LogP contribution in [0, 0.1) is 0 Å². The first-order chi connectivity index (χ1) is 8.99. The lowest BCUT2D eigenvalue weighted by Crippen LogP contribution is -2.40. The second-order valence-corrected chi connectivity index (χ2v) is 6.74. The molecule has 1 saturated carbocycles. The summed E-state index contributed by atoms with van der Waals surface area (Å²) in [7, 11) is 0. The van der Waals surface area contributed by atoms with Crippen molar-refractivity contribution in [2.45, 2.75) is 44.6 Å². The van der Waals surface area contributed by atoms with Crippen LogP contribution >= 0.6 is 0 Å². The standard InChI is InChI=1S/C16H23NO2/c1-15(2,3)17-11-16(6-7-16)12-4-5-13-14(10-12)19-9-8-18-13/h4-5,10,17H,6-9,11H2,1-3H3. The van der Waals surface area contributed by atoms with Crippen LogP contribution < -0.4 is 14.8 Å². The van der Waals surface area contributed by atoms with Crippen molar-refractivity contribution >= 4 is 0 Å². The van der Waals surface area contributed by atoms with Gasteiger partial charge in [0, 0.05) is 17.5 Å². The summed E-state index contributed by atoms with van der Waals surface area (Å²) in [6, 6.07) is 6.43. The van der Waals surface area contributed by atoms with Gasteiger partial charge in [0.25, 0.3) is 0 Å². The summed E-state index contributed by atoms with van der Waals surface area (Å²) in [5.41, 5.74) is 1.86. The predicted octanol–water partition coefficient (Wildman–Crippen LogP) is 2.88. The van der Waals surface area contributed by atoms with Gasteiger partial charge in [0.2, 0.25) is 0 Å². The molecule has 0 unspecified atom stereocenters. The van der Waals surface area contributed by atoms with Crippen LogP contribution in [-0.4, -0.2) is 25.3 Å². The van der Waals surface area contributed by atoms with Crippen LogP contribution in [-0.2, 0) is 5.41 Å². The van der Waals surface area contributed by atoms with Gasteiger partial charge in [-0.15, -0.1) is 0 Å². The van der Waals surface area contributed by atoms with Gasteiger partial charge in [-0.1, -0.05) is 6.07 Å². The molecule has 19 heavy (non-hydrogen) atoms. The molecular weight excluding hydrogens is 238 g/mol. The number of ether oxygens (including phenoxy) is 2. The average Bonchev–Trinajstić information content (AvgIpc) is 3.16. The second-order valence-electron chi connectivity index (χ2n) is 6.74. The van der Waals surface area contributed by atoms with E-state index in [2.05, 4.69) is 44.3 Å². The Hall–Kier alpha value is -1.22. The third-order valence-corrected chi connectivity index (χ3v) is 3.97. The van der Waals surface area contributed by atoms with E-state index in [1.807, 2.05) is 0 Å². The van der Waals surface area contributed by atoms with Crippen molar-refractivity contribution in [3.63, 3.8) is 0 Å². The highest BCUT2D eigenvalue weighted by Gasteiger charge is 2.44. The van der Waals surface area contributed by atoms with E-state index in [4.69, 9.17) is 9.47 Å². The van der Waals surface area contributed by atoms with E-state index in [-0.39, 0.29) is 5.54 Å². The molecular formula is C16H23NO2. The van der Waals surface area contributed by atoms with Gasteiger partial charge in [-0.25, -0.2) is 0 Å². The molecule has 0 aromatic heterocycles. The molecule has 3 nitrogen and oxygen atoms in total. The molecule has 1 heterocycles. The molecule has 3 heteroatoms. The Kier molecular flexibility index (Phi) is 2.97. The lowest BCUT2D eigenvalue weighted by Gasteiger charge is -2.26. The molecule has 1 fully saturated rings. The molecule has 0 bridgehead atoms. The van der Waals surface area contributed by atoms with Crippen molar-refractivity contribution in [2.24, 2.45) is 0 Å². The zero-order chi connectivity index (χ0) is 13.5. The summed E-state index contributed by atoms with van der Waals surface area (Å²) in [5, 5.41) is 3.63. The number of benzene rings is 1. The van der Waals surface area contributed by atoms with Crippen molar-refractivity contribution in [2.75, 3.05) is 19.8 Å². The molecule has 2 aliphatic rings. The predicted molar refractivity (Wildman–Crippen MR) is 76.1 cm³/mol. The molecule has 3 rings (SSSR count). The molecule has 1 aliphatic carbocycles. The number of nitrogens with one attached hydrogen (secondary N) is 1. The summed E-state index contributed by atoms with van der Waals surface area (Å²) in [5.74, 6) is 1.79. The summed E-state index contributed by atoms with van der Waals surface area (Å²) in [6.45, 7) is 9.00. The minimum Gasteiger partial charge on any atom is -0.486 e. The van der Waals surface area contributed by atoms with E-state index in [1.165, 1.54) is 18.4 Å². The summed E-state index contributed by atoms with van der Waals surface area (Å²) >= 11 is 0. The van der Waals surface area contributed by atoms with Gasteiger partial charge in [0.1, 0.15) is 13.2 Å². The fourth-order valence-electron chi connectivity index (χ4n) is 2.53. The summed E-state index contributed by atoms with van der Waals surface area (Å²) in [4.78, 5) is 0. The SMILES string of the molecule is CC(C)(C)NCC1(c2ccc3c(c2)OCCO3)CC1. The van der Waals surface area contributed by atoms with Crippen molar-refractivity contribution in [3.05, 3.63) is 23.8 Å². The van der Waals surface area contributed by atoms with Crippen LogP contribution in [0.1, 0.15) is 39.2 Å². The quantitative estimate of drug-likeness (QED) is 0.907. The highest BCUT2D eigenvalue weighted by Crippen LogP contribution is 2.49. The van der Waals surface area contributed by atoms with Crippen LogP contribution in [0.25, 0.3) is 0 Å². The van der Waals surface area contributed by atoms with Crippen LogP contribution in [0.4, 0.5) is 0 Å². The van der Waals surface area contributed by atoms with E-state index < -0.39 is 0 Å². The number of rotatable bonds is 3. The number of fused-ring (bicyclic) bond motifs is 1. The molecule has 0 amide bonds. The van der Waals surface area contributed by atoms with Crippen LogP contribution in [0.5, 0.6) is 11.5 Å². The maximum atomic E-state index is 5.69. The van der Waals surface area contributed by atoms with Crippen LogP contribution in [0.3, 0.4) is 0 Å². The largest absolute Gasteiger partial charge is 0.486 e. The number of hydrogen-bond donors (Lipinski definition) is 1. The lowest BCUT2D eigenvalue weighted by molar-refractivity contribution is 0.171. The minimum atomic E-state index is 0.170. The normalized spacial score (nSPS) is 20.2. The van der Waals surface area contributed by atoms with Gasteiger partial charge in [-0.3, -0.25) is 0 Å². The van der Waals surface area contributed by atoms with Crippen LogP contribution in [0.15, 0.2) is 18.2 Å². The minimum absolute atomic E-state index is 0.170. The summed E-state index contributed by atoms with van der Waals surface area (Å²) in [6.07, 6.45) is 2.52. The second kappa shape index (κ2) is 4.41. The zero-order valence-electron chi connectivity index (χ0n) is 12.1. The molecule has 1 N–H and O–H groups in total. The Morgan fingerprint density at radius 2 is 1.79 bits per heavy atom. The Morgan fingerprint density at radius 1 is 1.11 bits per heavy atom. The smallest absolute Gasteiger partial charge is 0.161 e. The molecule has 1 aromatic carbocycles. The Bertz CT molecular complexity index is 472. The topological polar surface area (TPSA) is 30.5 Å². The lowest BCUT2D eigenvalue weighted by atomic mass is 9.94. The van der Waals surface area contributed by atoms with Crippen molar-refractivity contribution in [1.82, 2.24) is 5.32 Å². The van der Waals surface area contributed by atoms with E-state index in [1.54, 1.807) is 0 Å². The maximum absolute atomic E-state index is 5.69. The van der Waals surface area contributed by atoms with Gasteiger partial charge < -0.3 is 14.8 Å². The fraction of sp³-hybridized carbons (Fsp3) is 0.625. The van der Waals surface area contributed by atoms with Gasteiger partial charge in [0.05, 0.1) is 0 Å². The molecule has 0 radical (unpaired) electrons. The fourth-order valence-corrected chi connectivity index (χ4v) is 2.53. The van der Waals surface area contributed by atoms with Crippen molar-refractivity contribution in [3.8, 4) is 11.5 Å². The zero-order valence-corrected chi connectivity index (χ0v) is 12.1. The maximum Gasteiger partial charge on any atom is 0.161 e. The highest BCUT2D eigenvalue weighted by atomic mass is 16.6. The van der Waals surface area contributed by atoms with Gasteiger partial charge in [-0.2, -0.15) is 0 Å². The van der Waals surface area contributed by atoms with E-state index in [9.17, 15) is 0 Å². The van der Waals surface area contributed by atoms with Gasteiger partial charge in [0.15, 0.2) is 11.5 Å². The van der Waals surface area contributed by atoms with E-state index in [0.717, 1.165) is 18.0 Å². The molecule has 0 atom stereocenters. The molecule has 0 saturated heterocycles. The third-order valence-electron chi connectivity index (χ3n) is 3.97. The van der Waals surface area contributed by atoms with Crippen molar-refractivity contribution < 1.29 is 9.47 Å². The first-order valence-electron chi connectivity index (χ1n) is 7.14. The van der Waals surface area contributed by atoms with E-state index >= 15 is 0 Å². The monoisotopic (exact) mass is 261 g/mol. The van der Waals surface area contributed by atoms with Crippen molar-refractivity contribution in [1.29, 1.82) is 0 Å². The highest BCUT2D eigenvalue weighted by molar-refractivity contribution is 5.47. The number of hydrogen-bond acceptors (Lipinski definition) is 3. The van der Waals surface area contributed by atoms with Gasteiger partial charge in [-0.05, 0) is 51.3 Å². The average molecular weight is 261 g/mol. The molecule has 1 aliphatic heterocycles. The first-order valence-corrected chi connectivity index (χ1v) is 7.14. The first kappa shape index (κ1) is 12.8. The van der Waals surface area contributed by atoms with Gasteiger partial charge >= 0.3 is 0 Å². The molecule has 104 valence electrons. The van der Waals surface area contributed by atoms with E-state index in [0.29, 0.717) is 18.6 Å². The Morgan fingerprint density at radius 3 is 2.42 bits per heavy atom.